The van der Waals surface area contributed by atoms with Gasteiger partial charge in [-0.15, -0.1) is 0 Å². The molecule has 1 saturated carbocycles. The van der Waals surface area contributed by atoms with Crippen LogP contribution in [0.25, 0.3) is 0 Å². The van der Waals surface area contributed by atoms with Gasteiger partial charge in [-0.05, 0) is 41.8 Å². The van der Waals surface area contributed by atoms with E-state index in [1.54, 1.807) is 0 Å². The third kappa shape index (κ3) is 1.41. The van der Waals surface area contributed by atoms with Crippen molar-refractivity contribution in [2.45, 2.75) is 25.8 Å². The lowest BCUT2D eigenvalue weighted by Gasteiger charge is -2.58. The Balaban J connectivity index is 1.66. The Morgan fingerprint density at radius 2 is 2.25 bits per heavy atom. The summed E-state index contributed by atoms with van der Waals surface area (Å²) in [4.78, 5) is 12.4. The van der Waals surface area contributed by atoms with Gasteiger partial charge in [0.25, 0.3) is 0 Å². The fourth-order valence-corrected chi connectivity index (χ4v) is 3.58. The minimum atomic E-state index is 0.413. The van der Waals surface area contributed by atoms with Crippen LogP contribution in [0.15, 0.2) is 10.7 Å². The molecule has 4 nitrogen and oxygen atoms in total. The second-order valence-electron chi connectivity index (χ2n) is 5.13. The maximum atomic E-state index is 10.5. The van der Waals surface area contributed by atoms with Gasteiger partial charge in [0, 0.05) is 24.2 Å². The Morgan fingerprint density at radius 3 is 2.75 bits per heavy atom. The highest BCUT2D eigenvalue weighted by atomic mass is 79.9. The summed E-state index contributed by atoms with van der Waals surface area (Å²) in [6.07, 6.45) is 3.27. The average Bonchev–Trinajstić information content (AvgIpc) is 2.41. The Kier molecular flexibility index (Phi) is 2.14. The summed E-state index contributed by atoms with van der Waals surface area (Å²) in [5.74, 6) is 0. The molecule has 2 fully saturated rings. The van der Waals surface area contributed by atoms with E-state index in [2.05, 4.69) is 32.6 Å². The van der Waals surface area contributed by atoms with Gasteiger partial charge in [0.2, 0.25) is 6.41 Å². The first-order valence-corrected chi connectivity index (χ1v) is 6.32. The van der Waals surface area contributed by atoms with Crippen molar-refractivity contribution < 1.29 is 4.79 Å². The number of halogens is 1. The van der Waals surface area contributed by atoms with Crippen LogP contribution in [-0.2, 0) is 4.79 Å². The topological polar surface area (TPSA) is 38.1 Å². The summed E-state index contributed by atoms with van der Waals surface area (Å²) in [6.45, 7) is 3.96. The van der Waals surface area contributed by atoms with Crippen molar-refractivity contribution in [2.75, 3.05) is 13.1 Å². The lowest BCUT2D eigenvalue weighted by molar-refractivity contribution is -0.140. The molecule has 2 heterocycles. The molecule has 0 N–H and O–H groups in total. The number of nitrogens with zero attached hydrogens (tertiary/aromatic N) is 3. The molecule has 0 unspecified atom stereocenters. The summed E-state index contributed by atoms with van der Waals surface area (Å²) in [7, 11) is 0. The van der Waals surface area contributed by atoms with E-state index < -0.39 is 0 Å². The maximum Gasteiger partial charge on any atom is 0.209 e. The first kappa shape index (κ1) is 10.3. The number of carbonyl (C=O) groups excluding carboxylic acids is 1. The van der Waals surface area contributed by atoms with E-state index in [9.17, 15) is 4.79 Å². The zero-order chi connectivity index (χ0) is 11.3. The number of rotatable bonds is 2. The van der Waals surface area contributed by atoms with Gasteiger partial charge in [0.15, 0.2) is 0 Å². The number of hydrogen-bond donors (Lipinski definition) is 0. The molecule has 3 rings (SSSR count). The fourth-order valence-electron chi connectivity index (χ4n) is 3.08. The van der Waals surface area contributed by atoms with Crippen LogP contribution >= 0.6 is 15.9 Å². The molecular formula is C11H14BrN3O. The lowest BCUT2D eigenvalue weighted by Crippen LogP contribution is -2.61. The highest BCUT2D eigenvalue weighted by Crippen LogP contribution is 2.53. The Labute approximate surface area is 103 Å². The molecule has 16 heavy (non-hydrogen) atoms. The van der Waals surface area contributed by atoms with Crippen LogP contribution in [0.2, 0.25) is 0 Å². The normalized spacial score (nSPS) is 23.0. The molecule has 0 aromatic carbocycles. The zero-order valence-corrected chi connectivity index (χ0v) is 10.8. The van der Waals surface area contributed by atoms with E-state index in [1.807, 2.05) is 11.0 Å². The number of aryl methyl sites for hydroxylation is 1. The summed E-state index contributed by atoms with van der Waals surface area (Å²) in [5, 5.41) is 4.45. The highest BCUT2D eigenvalue weighted by Gasteiger charge is 2.53. The van der Waals surface area contributed by atoms with E-state index in [1.165, 1.54) is 5.69 Å². The Bertz CT molecular complexity index is 428. The molecule has 0 bridgehead atoms. The summed E-state index contributed by atoms with van der Waals surface area (Å²) < 4.78 is 3.02. The first-order valence-electron chi connectivity index (χ1n) is 5.53. The van der Waals surface area contributed by atoms with Gasteiger partial charge < -0.3 is 4.90 Å². The monoisotopic (exact) mass is 283 g/mol. The van der Waals surface area contributed by atoms with Crippen molar-refractivity contribution in [1.82, 2.24) is 14.7 Å². The number of carbonyl (C=O) groups is 1. The van der Waals surface area contributed by atoms with Crippen molar-refractivity contribution in [3.8, 4) is 0 Å². The molecule has 5 heteroatoms. The quantitative estimate of drug-likeness (QED) is 0.776. The molecule has 1 aromatic rings. The SMILES string of the molecule is Cc1cc(Br)nn1C1CC2(C1)CN(C=O)C2. The second kappa shape index (κ2) is 3.32. The predicted molar refractivity (Wildman–Crippen MR) is 63.0 cm³/mol. The van der Waals surface area contributed by atoms with E-state index in [0.717, 1.165) is 36.9 Å². The third-order valence-electron chi connectivity index (χ3n) is 3.80. The van der Waals surface area contributed by atoms with E-state index in [4.69, 9.17) is 0 Å². The molecular weight excluding hydrogens is 270 g/mol. The van der Waals surface area contributed by atoms with Crippen LogP contribution in [0.5, 0.6) is 0 Å². The summed E-state index contributed by atoms with van der Waals surface area (Å²) in [6, 6.07) is 2.57. The second-order valence-corrected chi connectivity index (χ2v) is 5.94. The maximum absolute atomic E-state index is 10.5. The first-order chi connectivity index (χ1) is 7.62. The van der Waals surface area contributed by atoms with Crippen molar-refractivity contribution >= 4 is 22.3 Å². The fraction of sp³-hybridized carbons (Fsp3) is 0.636. The number of amides is 1. The van der Waals surface area contributed by atoms with Crippen LogP contribution in [0.3, 0.4) is 0 Å². The van der Waals surface area contributed by atoms with Crippen LogP contribution < -0.4 is 0 Å². The van der Waals surface area contributed by atoms with Gasteiger partial charge in [-0.2, -0.15) is 5.10 Å². The van der Waals surface area contributed by atoms with Gasteiger partial charge in [-0.1, -0.05) is 0 Å². The van der Waals surface area contributed by atoms with Gasteiger partial charge >= 0.3 is 0 Å². The van der Waals surface area contributed by atoms with Crippen molar-refractivity contribution in [3.05, 3.63) is 16.4 Å². The highest BCUT2D eigenvalue weighted by molar-refractivity contribution is 9.10. The summed E-state index contributed by atoms with van der Waals surface area (Å²) in [5.41, 5.74) is 1.62. The minimum Gasteiger partial charge on any atom is -0.344 e. The predicted octanol–water partition coefficient (Wildman–Crippen LogP) is 1.75. The lowest BCUT2D eigenvalue weighted by atomic mass is 9.61. The molecule has 0 radical (unpaired) electrons. The van der Waals surface area contributed by atoms with E-state index in [-0.39, 0.29) is 0 Å². The third-order valence-corrected chi connectivity index (χ3v) is 4.19. The number of hydrogen-bond acceptors (Lipinski definition) is 2. The number of likely N-dealkylation sites (tertiary alicyclic amines) is 1. The molecule has 1 aliphatic carbocycles. The molecule has 1 aromatic heterocycles. The standard InChI is InChI=1S/C11H14BrN3O/c1-8-2-10(12)13-15(8)9-3-11(4-9)5-14(6-11)7-16/h2,7,9H,3-6H2,1H3. The zero-order valence-electron chi connectivity index (χ0n) is 9.19. The molecule has 0 atom stereocenters. The molecule has 1 saturated heterocycles. The van der Waals surface area contributed by atoms with Gasteiger partial charge in [-0.3, -0.25) is 9.48 Å². The Hall–Kier alpha value is -0.840. The summed E-state index contributed by atoms with van der Waals surface area (Å²) >= 11 is 3.40. The van der Waals surface area contributed by atoms with Crippen LogP contribution in [0, 0.1) is 12.3 Å². The van der Waals surface area contributed by atoms with Crippen LogP contribution in [-0.4, -0.2) is 34.2 Å². The average molecular weight is 284 g/mol. The molecule has 1 aliphatic heterocycles. The molecule has 2 aliphatic rings. The molecule has 1 spiro atoms. The molecule has 86 valence electrons. The van der Waals surface area contributed by atoms with Crippen LogP contribution in [0.1, 0.15) is 24.6 Å². The van der Waals surface area contributed by atoms with Crippen molar-refractivity contribution in [3.63, 3.8) is 0 Å². The Morgan fingerprint density at radius 1 is 1.56 bits per heavy atom. The van der Waals surface area contributed by atoms with E-state index in [0.29, 0.717) is 11.5 Å². The van der Waals surface area contributed by atoms with Crippen LogP contribution in [0.4, 0.5) is 0 Å². The smallest absolute Gasteiger partial charge is 0.209 e. The largest absolute Gasteiger partial charge is 0.344 e. The molecule has 1 amide bonds. The van der Waals surface area contributed by atoms with Crippen molar-refractivity contribution in [1.29, 1.82) is 0 Å². The minimum absolute atomic E-state index is 0.413. The van der Waals surface area contributed by atoms with Gasteiger partial charge in [-0.25, -0.2) is 0 Å². The van der Waals surface area contributed by atoms with Gasteiger partial charge in [0.05, 0.1) is 6.04 Å². The number of aromatic nitrogens is 2. The van der Waals surface area contributed by atoms with E-state index >= 15 is 0 Å². The van der Waals surface area contributed by atoms with Crippen molar-refractivity contribution in [2.24, 2.45) is 5.41 Å². The van der Waals surface area contributed by atoms with Gasteiger partial charge in [0.1, 0.15) is 4.60 Å².